The van der Waals surface area contributed by atoms with Crippen LogP contribution in [0, 0.1) is 17.8 Å². The van der Waals surface area contributed by atoms with Gasteiger partial charge in [0, 0.05) is 68.3 Å². The van der Waals surface area contributed by atoms with E-state index in [0.29, 0.717) is 82.7 Å². The summed E-state index contributed by atoms with van der Waals surface area (Å²) in [4.78, 5) is 169. The highest BCUT2D eigenvalue weighted by atomic mass is 35.5. The van der Waals surface area contributed by atoms with Crippen LogP contribution in [0.2, 0.25) is 5.02 Å². The summed E-state index contributed by atoms with van der Waals surface area (Å²) >= 11 is 6.01. The minimum Gasteiger partial charge on any atom is -0.378 e. The molecule has 0 aromatic heterocycles. The number of carbonyl (C=O) groups excluding carboxylic acids is 11. The number of rotatable bonds is 35. The number of benzene rings is 1. The van der Waals surface area contributed by atoms with E-state index in [-0.39, 0.29) is 82.1 Å². The number of amides is 10. The molecule has 2 heterocycles. The number of hydrogen-bond acceptors (Lipinski definition) is 15. The smallest absolute Gasteiger partial charge is 0.378 e. The van der Waals surface area contributed by atoms with Gasteiger partial charge in [-0.25, -0.2) is 0 Å². The third kappa shape index (κ3) is 21.6. The highest BCUT2D eigenvalue weighted by Gasteiger charge is 2.51. The first-order valence-electron chi connectivity index (χ1n) is 35.9. The summed E-state index contributed by atoms with van der Waals surface area (Å²) in [5.74, 6) is -6.22. The standard InChI is InChI=1S/C71H112ClF3N12O13/c1-13-46(4)60(67(97)81(8)42-58(90)80(7)43-59(91)83(10)56(44-100-49-28-29-49)65(95)79(6)37-38-88)77-62(92)54(39-45(2)3)82(9)57(89)41-55(66(96)86-34-20-15-21-35-86)84(11)68(98)61(48-23-16-14-17-24-48)85(12)69(99)70(32-18-19-33-70)78-63(93)53-25-22-36-87(53)64(94)52(76-5)31-27-47-26-30-50(51(72)40-47)71(73,74)75/h26,30,38,40,45-46,48-49,52-57,60-61,76,89H,13-25,27-29,31-37,39,41-44H2,1-12H3,(H,77,92)(H,78,93)/t46-,52-,53-,54-,55-,56-,57?,60-,61-/m0/s1. The average Bonchev–Trinajstić information content (AvgIpc) is 1.28. The van der Waals surface area contributed by atoms with Crippen LogP contribution in [0.15, 0.2) is 18.2 Å². The van der Waals surface area contributed by atoms with Crippen molar-refractivity contribution in [2.75, 3.05) is 102 Å². The molecule has 2 aliphatic heterocycles. The summed E-state index contributed by atoms with van der Waals surface area (Å²) in [5.41, 5.74) is -1.92. The number of carbonyl (C=O) groups is 11. The Bertz CT molecular complexity index is 3000. The van der Waals surface area contributed by atoms with Crippen LogP contribution in [0.3, 0.4) is 0 Å². The normalized spacial score (nSPS) is 19.7. The third-order valence-electron chi connectivity index (χ3n) is 21.2. The SMILES string of the molecule is CC[C@H](C)[C@H](NC(=O)[C@H](CC(C)C)N(C)C(O)C[C@@H](C(=O)N1CCCCC1)N(C)C(=O)[C@H](C1CCCCC1)N(C)C(=O)C1(NC(=O)[C@@H]2CCCN2C(=O)[C@H](CCc2ccc(C(F)(F)F)c(Cl)c2)NC)CCCC1)C(=O)N(C)CC(=O)N(C)CC(=O)N(C)[C@@H](COC1CC1)C(=O)N(C)CC=O. The molecular weight excluding hydrogens is 1320 g/mol. The minimum atomic E-state index is -4.63. The number of halogens is 4. The fourth-order valence-electron chi connectivity index (χ4n) is 14.4. The Morgan fingerprint density at radius 3 is 1.93 bits per heavy atom. The number of likely N-dealkylation sites (N-methyl/N-ethyl adjacent to an activating group) is 8. The van der Waals surface area contributed by atoms with Gasteiger partial charge in [0.15, 0.2) is 0 Å². The number of aryl methyl sites for hydroxylation is 1. The van der Waals surface area contributed by atoms with E-state index in [0.717, 1.165) is 49.5 Å². The summed E-state index contributed by atoms with van der Waals surface area (Å²) in [5, 5.41) is 21.1. The number of alkyl halides is 3. The molecule has 1 aromatic carbocycles. The topological polar surface area (TPSA) is 282 Å². The van der Waals surface area contributed by atoms with Gasteiger partial charge in [-0.15, -0.1) is 0 Å². The average molecular weight is 1430 g/mol. The third-order valence-corrected chi connectivity index (χ3v) is 21.5. The van der Waals surface area contributed by atoms with Gasteiger partial charge in [-0.05, 0) is 139 Å². The predicted molar refractivity (Wildman–Crippen MR) is 369 cm³/mol. The molecule has 1 unspecified atom stereocenters. The molecule has 100 heavy (non-hydrogen) atoms. The van der Waals surface area contributed by atoms with Crippen LogP contribution in [0.1, 0.15) is 167 Å². The quantitative estimate of drug-likeness (QED) is 0.0529. The molecule has 3 saturated carbocycles. The number of aldehydes is 1. The molecule has 6 rings (SSSR count). The molecule has 9 atom stereocenters. The van der Waals surface area contributed by atoms with Gasteiger partial charge in [-0.3, -0.25) is 52.8 Å². The van der Waals surface area contributed by atoms with E-state index in [1.54, 1.807) is 33.0 Å². The van der Waals surface area contributed by atoms with Crippen LogP contribution in [-0.4, -0.2) is 277 Å². The Balaban J connectivity index is 1.18. The van der Waals surface area contributed by atoms with Gasteiger partial charge in [0.25, 0.3) is 0 Å². The second-order valence-electron chi connectivity index (χ2n) is 29.1. The summed E-state index contributed by atoms with van der Waals surface area (Å²) in [6, 6.07) is -4.01. The molecule has 0 radical (unpaired) electrons. The second kappa shape index (κ2) is 37.6. The molecule has 1 aromatic rings. The fraction of sp³-hybridized carbons (Fsp3) is 0.761. The van der Waals surface area contributed by atoms with Crippen molar-refractivity contribution < 1.29 is 75.8 Å². The van der Waals surface area contributed by atoms with E-state index in [4.69, 9.17) is 16.3 Å². The number of aliphatic hydroxyl groups is 1. The number of nitrogens with one attached hydrogen (secondary N) is 3. The maximum Gasteiger partial charge on any atom is 0.417 e. The largest absolute Gasteiger partial charge is 0.417 e. The van der Waals surface area contributed by atoms with Crippen molar-refractivity contribution in [1.29, 1.82) is 0 Å². The van der Waals surface area contributed by atoms with Gasteiger partial charge < -0.3 is 69.8 Å². The van der Waals surface area contributed by atoms with Crippen LogP contribution < -0.4 is 16.0 Å². The van der Waals surface area contributed by atoms with Gasteiger partial charge in [-0.1, -0.05) is 83.9 Å². The Labute approximate surface area is 593 Å². The van der Waals surface area contributed by atoms with Gasteiger partial charge in [-0.2, -0.15) is 13.2 Å². The van der Waals surface area contributed by atoms with E-state index < -0.39 is 143 Å². The molecular formula is C71H112ClF3N12O13. The summed E-state index contributed by atoms with van der Waals surface area (Å²) in [7, 11) is 11.8. The van der Waals surface area contributed by atoms with E-state index >= 15 is 14.4 Å². The van der Waals surface area contributed by atoms with Crippen LogP contribution in [0.5, 0.6) is 0 Å². The van der Waals surface area contributed by atoms with Gasteiger partial charge in [0.2, 0.25) is 59.1 Å². The molecule has 25 nitrogen and oxygen atoms in total. The number of ether oxygens (including phenoxy) is 1. The lowest BCUT2D eigenvalue weighted by atomic mass is 9.81. The summed E-state index contributed by atoms with van der Waals surface area (Å²) in [6.45, 7) is 7.24. The van der Waals surface area contributed by atoms with E-state index in [9.17, 15) is 56.6 Å². The number of piperidine rings is 1. The molecule has 562 valence electrons. The fourth-order valence-corrected chi connectivity index (χ4v) is 14.8. The zero-order valence-electron chi connectivity index (χ0n) is 60.9. The predicted octanol–water partition coefficient (Wildman–Crippen LogP) is 4.71. The molecule has 2 saturated heterocycles. The lowest BCUT2D eigenvalue weighted by molar-refractivity contribution is -0.157. The Morgan fingerprint density at radius 1 is 0.720 bits per heavy atom. The molecule has 5 aliphatic rings. The van der Waals surface area contributed by atoms with Crippen molar-refractivity contribution in [3.63, 3.8) is 0 Å². The zero-order chi connectivity index (χ0) is 74.1. The molecule has 29 heteroatoms. The first-order chi connectivity index (χ1) is 47.2. The maximum atomic E-state index is 15.8. The molecule has 4 N–H and O–H groups in total. The Hall–Kier alpha value is -6.49. The maximum absolute atomic E-state index is 15.8. The molecule has 3 aliphatic carbocycles. The van der Waals surface area contributed by atoms with Crippen LogP contribution in [0.25, 0.3) is 0 Å². The molecule has 0 bridgehead atoms. The van der Waals surface area contributed by atoms with Crippen LogP contribution in [-0.2, 0) is 70.1 Å². The lowest BCUT2D eigenvalue weighted by Gasteiger charge is -2.44. The van der Waals surface area contributed by atoms with Gasteiger partial charge >= 0.3 is 6.18 Å². The Morgan fingerprint density at radius 2 is 1.35 bits per heavy atom. The molecule has 10 amide bonds. The first kappa shape index (κ1) is 82.5. The van der Waals surface area contributed by atoms with Gasteiger partial charge in [0.05, 0.1) is 55.0 Å². The number of aliphatic hydroxyl groups excluding tert-OH is 1. The first-order valence-corrected chi connectivity index (χ1v) is 36.3. The highest BCUT2D eigenvalue weighted by Crippen LogP contribution is 2.38. The van der Waals surface area contributed by atoms with Crippen molar-refractivity contribution in [3.05, 3.63) is 34.3 Å². The Kier molecular flexibility index (Phi) is 31.0. The van der Waals surface area contributed by atoms with Crippen LogP contribution in [0.4, 0.5) is 13.2 Å². The number of hydrogen-bond donors (Lipinski definition) is 4. The van der Waals surface area contributed by atoms with E-state index in [1.807, 2.05) is 20.8 Å². The van der Waals surface area contributed by atoms with Crippen molar-refractivity contribution in [2.24, 2.45) is 17.8 Å². The lowest BCUT2D eigenvalue weighted by Crippen LogP contribution is -2.65. The monoisotopic (exact) mass is 1430 g/mol. The van der Waals surface area contributed by atoms with Crippen molar-refractivity contribution in [3.8, 4) is 0 Å². The molecule has 0 spiro atoms. The van der Waals surface area contributed by atoms with Gasteiger partial charge in [0.1, 0.15) is 48.3 Å². The number of likely N-dealkylation sites (tertiary alicyclic amines) is 2. The minimum absolute atomic E-state index is 0.0326. The summed E-state index contributed by atoms with van der Waals surface area (Å²) in [6.07, 6.45) is 5.12. The molecule has 5 fully saturated rings. The van der Waals surface area contributed by atoms with Crippen molar-refractivity contribution in [2.45, 2.75) is 229 Å². The van der Waals surface area contributed by atoms with E-state index in [2.05, 4.69) is 16.0 Å². The number of nitrogens with zero attached hydrogens (tertiary/aromatic N) is 9. The second-order valence-corrected chi connectivity index (χ2v) is 29.5. The van der Waals surface area contributed by atoms with Crippen molar-refractivity contribution in [1.82, 2.24) is 60.0 Å². The van der Waals surface area contributed by atoms with Crippen molar-refractivity contribution >= 4 is 77.0 Å². The van der Waals surface area contributed by atoms with Crippen LogP contribution >= 0.6 is 11.6 Å². The summed E-state index contributed by atoms with van der Waals surface area (Å²) < 4.78 is 46.2. The highest BCUT2D eigenvalue weighted by molar-refractivity contribution is 6.31. The van der Waals surface area contributed by atoms with E-state index in [1.165, 1.54) is 81.7 Å². The zero-order valence-corrected chi connectivity index (χ0v) is 61.7.